The number of nitrogens with one attached hydrogen (secondary N) is 1. The highest BCUT2D eigenvalue weighted by Crippen LogP contribution is 2.48. The van der Waals surface area contributed by atoms with Crippen molar-refractivity contribution in [2.75, 3.05) is 19.5 Å². The van der Waals surface area contributed by atoms with Gasteiger partial charge in [-0.15, -0.1) is 0 Å². The van der Waals surface area contributed by atoms with Crippen molar-refractivity contribution in [2.45, 2.75) is 37.1 Å². The number of hydrogen-bond donors (Lipinski definition) is 2. The third-order valence-corrected chi connectivity index (χ3v) is 6.06. The van der Waals surface area contributed by atoms with E-state index in [0.717, 1.165) is 0 Å². The average Bonchev–Trinajstić information content (AvgIpc) is 3.10. The molecule has 2 N–H and O–H groups in total. The van der Waals surface area contributed by atoms with E-state index in [4.69, 9.17) is 30.8 Å². The van der Waals surface area contributed by atoms with Crippen LogP contribution in [0.5, 0.6) is 5.75 Å². The topological polar surface area (TPSA) is 95.1 Å². The van der Waals surface area contributed by atoms with E-state index in [1.807, 2.05) is 5.32 Å². The predicted octanol–water partition coefficient (Wildman–Crippen LogP) is 4.18. The van der Waals surface area contributed by atoms with Gasteiger partial charge >= 0.3 is 12.1 Å². The van der Waals surface area contributed by atoms with Gasteiger partial charge in [0.25, 0.3) is 4.84 Å². The van der Waals surface area contributed by atoms with E-state index < -0.39 is 36.1 Å². The maximum Gasteiger partial charge on any atom is 0.471 e. The van der Waals surface area contributed by atoms with Crippen LogP contribution in [0.3, 0.4) is 0 Å². The molecule has 1 aromatic heterocycles. The molecule has 0 bridgehead atoms. The van der Waals surface area contributed by atoms with Crippen molar-refractivity contribution >= 4 is 34.9 Å². The van der Waals surface area contributed by atoms with Gasteiger partial charge in [-0.3, -0.25) is 9.36 Å². The van der Waals surface area contributed by atoms with Crippen molar-refractivity contribution in [1.29, 1.82) is 0 Å². The fraction of sp³-hybridized carbons (Fsp3) is 0.364. The summed E-state index contributed by atoms with van der Waals surface area (Å²) in [7, 11) is 2.72. The average molecular weight is 498 g/mol. The Morgan fingerprint density at radius 1 is 1.21 bits per heavy atom. The third-order valence-electron chi connectivity index (χ3n) is 5.78. The summed E-state index contributed by atoms with van der Waals surface area (Å²) in [5, 5.41) is 13.5. The van der Waals surface area contributed by atoms with E-state index in [1.165, 1.54) is 43.9 Å². The van der Waals surface area contributed by atoms with Gasteiger partial charge in [0.15, 0.2) is 17.5 Å². The van der Waals surface area contributed by atoms with Crippen molar-refractivity contribution in [3.63, 3.8) is 0 Å². The highest BCUT2D eigenvalue weighted by atomic mass is 32.1. The number of carbonyl (C=O) groups excluding carboxylic acids is 1. The molecule has 1 aliphatic heterocycles. The van der Waals surface area contributed by atoms with Crippen LogP contribution in [0.2, 0.25) is 0 Å². The number of alkyl halides is 3. The zero-order valence-corrected chi connectivity index (χ0v) is 19.1. The lowest BCUT2D eigenvalue weighted by Gasteiger charge is -2.47. The van der Waals surface area contributed by atoms with Crippen LogP contribution in [0.1, 0.15) is 18.5 Å². The highest BCUT2D eigenvalue weighted by Gasteiger charge is 2.54. The van der Waals surface area contributed by atoms with Gasteiger partial charge in [0.2, 0.25) is 0 Å². The largest absolute Gasteiger partial charge is 0.479 e. The second-order valence-corrected chi connectivity index (χ2v) is 8.20. The number of carbonyl (C=O) groups is 1. The lowest BCUT2D eigenvalue weighted by atomic mass is 9.83. The fourth-order valence-corrected chi connectivity index (χ4v) is 4.58. The molecule has 0 aliphatic carbocycles. The van der Waals surface area contributed by atoms with E-state index in [1.54, 1.807) is 24.3 Å². The molecule has 3 atom stereocenters. The van der Waals surface area contributed by atoms with Crippen LogP contribution in [0, 0.1) is 4.84 Å². The number of methoxy groups -OCH3 is 2. The molecule has 0 fully saturated rings. The number of halogens is 3. The number of benzene rings is 2. The van der Waals surface area contributed by atoms with Gasteiger partial charge in [-0.25, -0.2) is 0 Å². The molecule has 0 saturated carbocycles. The molecule has 8 nitrogen and oxygen atoms in total. The molecule has 2 heterocycles. The maximum absolute atomic E-state index is 13.0. The number of anilines is 1. The molecule has 4 rings (SSSR count). The third kappa shape index (κ3) is 3.86. The molecular formula is C22H21F3N2O6S. The Kier molecular flexibility index (Phi) is 6.19. The molecular weight excluding hydrogens is 477 g/mol. The lowest BCUT2D eigenvalue weighted by Crippen LogP contribution is -2.60. The maximum atomic E-state index is 13.0. The minimum Gasteiger partial charge on any atom is -0.479 e. The summed E-state index contributed by atoms with van der Waals surface area (Å²) in [5.74, 6) is -2.07. The first-order chi connectivity index (χ1) is 16.0. The normalized spacial score (nSPS) is 22.5. The van der Waals surface area contributed by atoms with Crippen LogP contribution < -0.4 is 10.1 Å². The highest BCUT2D eigenvalue weighted by molar-refractivity contribution is 7.71. The fourth-order valence-electron chi connectivity index (χ4n) is 4.28. The number of para-hydroxylation sites is 2. The van der Waals surface area contributed by atoms with Gasteiger partial charge in [-0.05, 0) is 43.4 Å². The number of aliphatic hydroxyl groups is 1. The minimum absolute atomic E-state index is 0.0382. The summed E-state index contributed by atoms with van der Waals surface area (Å²) < 4.78 is 63.1. The second-order valence-electron chi connectivity index (χ2n) is 7.85. The molecule has 0 saturated heterocycles. The molecule has 0 spiro atoms. The Labute approximate surface area is 196 Å². The van der Waals surface area contributed by atoms with Crippen LogP contribution in [-0.4, -0.2) is 54.0 Å². The number of aromatic nitrogens is 1. The summed E-state index contributed by atoms with van der Waals surface area (Å²) in [6.07, 6.45) is -7.67. The predicted molar refractivity (Wildman–Crippen MR) is 117 cm³/mol. The Balaban J connectivity index is 2.00. The Morgan fingerprint density at radius 2 is 1.88 bits per heavy atom. The molecule has 3 aromatic rings. The van der Waals surface area contributed by atoms with E-state index in [9.17, 15) is 23.1 Å². The summed E-state index contributed by atoms with van der Waals surface area (Å²) in [4.78, 5) is 11.7. The lowest BCUT2D eigenvalue weighted by molar-refractivity contribution is -0.238. The first-order valence-corrected chi connectivity index (χ1v) is 10.5. The van der Waals surface area contributed by atoms with Gasteiger partial charge in [0.1, 0.15) is 11.9 Å². The van der Waals surface area contributed by atoms with E-state index in [2.05, 4.69) is 0 Å². The molecule has 1 aliphatic rings. The number of rotatable bonds is 5. The monoisotopic (exact) mass is 498 g/mol. The van der Waals surface area contributed by atoms with Crippen molar-refractivity contribution in [2.24, 2.45) is 0 Å². The molecule has 12 heteroatoms. The first kappa shape index (κ1) is 24.2. The van der Waals surface area contributed by atoms with E-state index in [0.29, 0.717) is 11.1 Å². The van der Waals surface area contributed by atoms with Gasteiger partial charge in [-0.2, -0.15) is 13.2 Å². The molecule has 3 unspecified atom stereocenters. The first-order valence-electron chi connectivity index (χ1n) is 10.1. The SMILES string of the molecule is COC(OC)C1(C)Oc2cccc(NC(=O)C(F)(F)F)c2C(n2c(=S)oc3ccccc32)C1O. The van der Waals surface area contributed by atoms with Crippen molar-refractivity contribution in [1.82, 2.24) is 4.57 Å². The van der Waals surface area contributed by atoms with Crippen molar-refractivity contribution < 1.29 is 41.7 Å². The summed E-state index contributed by atoms with van der Waals surface area (Å²) in [6.45, 7) is 1.54. The van der Waals surface area contributed by atoms with E-state index in [-0.39, 0.29) is 21.8 Å². The number of ether oxygens (including phenoxy) is 3. The Bertz CT molecular complexity index is 1290. The summed E-state index contributed by atoms with van der Waals surface area (Å²) in [5.41, 5.74) is -0.763. The van der Waals surface area contributed by atoms with Crippen LogP contribution in [0.25, 0.3) is 11.1 Å². The van der Waals surface area contributed by atoms with Crippen LogP contribution in [0.15, 0.2) is 46.9 Å². The van der Waals surface area contributed by atoms with Crippen molar-refractivity contribution in [3.05, 3.63) is 52.9 Å². The minimum atomic E-state index is -5.13. The zero-order chi connectivity index (χ0) is 24.8. The zero-order valence-electron chi connectivity index (χ0n) is 18.3. The van der Waals surface area contributed by atoms with E-state index >= 15 is 0 Å². The Morgan fingerprint density at radius 3 is 2.53 bits per heavy atom. The second kappa shape index (κ2) is 8.69. The van der Waals surface area contributed by atoms with Gasteiger partial charge in [0, 0.05) is 19.8 Å². The van der Waals surface area contributed by atoms with Crippen LogP contribution in [0.4, 0.5) is 18.9 Å². The molecule has 0 radical (unpaired) electrons. The number of fused-ring (bicyclic) bond motifs is 2. The summed E-state index contributed by atoms with van der Waals surface area (Å²) in [6, 6.07) is 9.87. The number of amides is 1. The molecule has 34 heavy (non-hydrogen) atoms. The van der Waals surface area contributed by atoms with Crippen LogP contribution >= 0.6 is 12.2 Å². The number of oxazole rings is 1. The Hall–Kier alpha value is -2.93. The van der Waals surface area contributed by atoms with Crippen molar-refractivity contribution in [3.8, 4) is 5.75 Å². The molecule has 2 aromatic carbocycles. The quantitative estimate of drug-likeness (QED) is 0.403. The number of nitrogens with zero attached hydrogens (tertiary/aromatic N) is 1. The van der Waals surface area contributed by atoms with Crippen LogP contribution in [-0.2, 0) is 14.3 Å². The number of aliphatic hydroxyl groups excluding tert-OH is 1. The van der Waals surface area contributed by atoms with Gasteiger partial charge in [0.05, 0.1) is 17.2 Å². The smallest absolute Gasteiger partial charge is 0.471 e. The van der Waals surface area contributed by atoms with Gasteiger partial charge < -0.3 is 29.1 Å². The van der Waals surface area contributed by atoms with Gasteiger partial charge in [-0.1, -0.05) is 18.2 Å². The molecule has 182 valence electrons. The number of hydrogen-bond acceptors (Lipinski definition) is 7. The summed E-state index contributed by atoms with van der Waals surface area (Å²) >= 11 is 5.42. The molecule has 1 amide bonds. The standard InChI is InChI=1S/C22H21F3N2O6S/c1-21(19(30-2)31-3)17(28)16(27-12-8-4-5-9-13(12)32-20(27)34)15-11(7-6-10-14(15)33-21)26-18(29)22(23,24)25/h4-10,16-17,19,28H,1-3H3,(H,26,29).